The molecule has 1 fully saturated rings. The van der Waals surface area contributed by atoms with Gasteiger partial charge in [-0.15, -0.1) is 0 Å². The van der Waals surface area contributed by atoms with Gasteiger partial charge in [-0.2, -0.15) is 0 Å². The first-order valence-corrected chi connectivity index (χ1v) is 4.91. The summed E-state index contributed by atoms with van der Waals surface area (Å²) < 4.78 is 0. The highest BCUT2D eigenvalue weighted by molar-refractivity contribution is 5.74. The van der Waals surface area contributed by atoms with Gasteiger partial charge in [-0.25, -0.2) is 4.79 Å². The number of hydrogen-bond donors (Lipinski definition) is 3. The molecule has 0 aromatic rings. The van der Waals surface area contributed by atoms with Gasteiger partial charge in [-0.05, 0) is 19.8 Å². The van der Waals surface area contributed by atoms with Crippen molar-refractivity contribution in [2.75, 3.05) is 6.54 Å². The van der Waals surface area contributed by atoms with E-state index >= 15 is 0 Å². The second kappa shape index (κ2) is 5.07. The Hall–Kier alpha value is -0.770. The zero-order chi connectivity index (χ0) is 9.68. The van der Waals surface area contributed by atoms with Gasteiger partial charge in [0.15, 0.2) is 0 Å². The zero-order valence-electron chi connectivity index (χ0n) is 8.05. The Balaban J connectivity index is 2.09. The lowest BCUT2D eigenvalue weighted by molar-refractivity contribution is 0.186. The molecule has 0 spiro atoms. The van der Waals surface area contributed by atoms with E-state index in [0.29, 0.717) is 12.6 Å². The smallest absolute Gasteiger partial charge is 0.315 e. The summed E-state index contributed by atoms with van der Waals surface area (Å²) in [5.74, 6) is 0. The Morgan fingerprint density at radius 2 is 2.15 bits per heavy atom. The third-order valence-electron chi connectivity index (χ3n) is 2.25. The lowest BCUT2D eigenvalue weighted by Crippen LogP contribution is -2.43. The van der Waals surface area contributed by atoms with Crippen molar-refractivity contribution in [1.82, 2.24) is 10.6 Å². The van der Waals surface area contributed by atoms with Gasteiger partial charge in [-0.3, -0.25) is 0 Å². The number of aliphatic hydroxyl groups is 1. The average Bonchev–Trinajstić information content (AvgIpc) is 2.53. The van der Waals surface area contributed by atoms with E-state index in [2.05, 4.69) is 10.6 Å². The van der Waals surface area contributed by atoms with Crippen LogP contribution in [0.5, 0.6) is 0 Å². The summed E-state index contributed by atoms with van der Waals surface area (Å²) in [6.45, 7) is 1.97. The Morgan fingerprint density at radius 3 is 2.69 bits per heavy atom. The van der Waals surface area contributed by atoms with Crippen LogP contribution >= 0.6 is 0 Å². The summed E-state index contributed by atoms with van der Waals surface area (Å²) in [6, 6.07) is 0.182. The molecule has 3 N–H and O–H groups in total. The van der Waals surface area contributed by atoms with Crippen molar-refractivity contribution in [2.45, 2.75) is 44.8 Å². The fraction of sp³-hybridized carbons (Fsp3) is 0.889. The van der Waals surface area contributed by atoms with Crippen molar-refractivity contribution in [2.24, 2.45) is 0 Å². The topological polar surface area (TPSA) is 61.4 Å². The largest absolute Gasteiger partial charge is 0.392 e. The molecule has 0 saturated heterocycles. The van der Waals surface area contributed by atoms with E-state index in [1.54, 1.807) is 6.92 Å². The van der Waals surface area contributed by atoms with E-state index in [1.807, 2.05) is 0 Å². The monoisotopic (exact) mass is 186 g/mol. The summed E-state index contributed by atoms with van der Waals surface area (Å²) >= 11 is 0. The molecular weight excluding hydrogens is 168 g/mol. The van der Waals surface area contributed by atoms with Gasteiger partial charge in [0.05, 0.1) is 6.10 Å². The van der Waals surface area contributed by atoms with E-state index in [1.165, 1.54) is 12.8 Å². The standard InChI is InChI=1S/C9H18N2O2/c1-7(12)6-10-9(13)11-8-4-2-3-5-8/h7-8,12H,2-6H2,1H3,(H2,10,11,13). The molecule has 13 heavy (non-hydrogen) atoms. The average molecular weight is 186 g/mol. The molecule has 1 atom stereocenters. The van der Waals surface area contributed by atoms with Crippen LogP contribution in [0.1, 0.15) is 32.6 Å². The van der Waals surface area contributed by atoms with Crippen LogP contribution in [0, 0.1) is 0 Å². The number of hydrogen-bond acceptors (Lipinski definition) is 2. The van der Waals surface area contributed by atoms with Crippen molar-refractivity contribution in [3.8, 4) is 0 Å². The maximum atomic E-state index is 11.2. The maximum absolute atomic E-state index is 11.2. The summed E-state index contributed by atoms with van der Waals surface area (Å²) in [5, 5.41) is 14.4. The predicted octanol–water partition coefficient (Wildman–Crippen LogP) is 0.609. The summed E-state index contributed by atoms with van der Waals surface area (Å²) in [7, 11) is 0. The molecule has 4 heteroatoms. The number of amides is 2. The summed E-state index contributed by atoms with van der Waals surface area (Å²) in [5.41, 5.74) is 0. The molecule has 0 aromatic heterocycles. The van der Waals surface area contributed by atoms with Crippen LogP contribution in [0.2, 0.25) is 0 Å². The minimum atomic E-state index is -0.477. The molecule has 0 heterocycles. The van der Waals surface area contributed by atoms with Crippen molar-refractivity contribution < 1.29 is 9.90 Å². The molecular formula is C9H18N2O2. The molecule has 0 radical (unpaired) electrons. The molecule has 76 valence electrons. The fourth-order valence-electron chi connectivity index (χ4n) is 1.55. The Morgan fingerprint density at radius 1 is 1.54 bits per heavy atom. The number of nitrogens with one attached hydrogen (secondary N) is 2. The highest BCUT2D eigenvalue weighted by Crippen LogP contribution is 2.17. The third-order valence-corrected chi connectivity index (χ3v) is 2.25. The third kappa shape index (κ3) is 4.12. The van der Waals surface area contributed by atoms with Crippen LogP contribution in [0.3, 0.4) is 0 Å². The van der Waals surface area contributed by atoms with Gasteiger partial charge in [0.2, 0.25) is 0 Å². The van der Waals surface area contributed by atoms with E-state index in [4.69, 9.17) is 5.11 Å². The SMILES string of the molecule is CC(O)CNC(=O)NC1CCCC1. The number of carbonyl (C=O) groups is 1. The summed E-state index contributed by atoms with van der Waals surface area (Å²) in [6.07, 6.45) is 4.11. The predicted molar refractivity (Wildman–Crippen MR) is 50.5 cm³/mol. The van der Waals surface area contributed by atoms with Gasteiger partial charge in [0.25, 0.3) is 0 Å². The molecule has 0 aromatic carbocycles. The molecule has 0 aliphatic heterocycles. The van der Waals surface area contributed by atoms with Crippen molar-refractivity contribution in [1.29, 1.82) is 0 Å². The van der Waals surface area contributed by atoms with Gasteiger partial charge in [0.1, 0.15) is 0 Å². The van der Waals surface area contributed by atoms with Gasteiger partial charge >= 0.3 is 6.03 Å². The first kappa shape index (κ1) is 10.3. The van der Waals surface area contributed by atoms with Crippen LogP contribution in [-0.4, -0.2) is 29.8 Å². The lowest BCUT2D eigenvalue weighted by Gasteiger charge is -2.13. The van der Waals surface area contributed by atoms with Crippen LogP contribution < -0.4 is 10.6 Å². The van der Waals surface area contributed by atoms with Gasteiger partial charge < -0.3 is 15.7 Å². The maximum Gasteiger partial charge on any atom is 0.315 e. The fourth-order valence-corrected chi connectivity index (χ4v) is 1.55. The molecule has 1 aliphatic carbocycles. The van der Waals surface area contributed by atoms with Crippen molar-refractivity contribution in [3.05, 3.63) is 0 Å². The van der Waals surface area contributed by atoms with E-state index in [9.17, 15) is 4.79 Å². The van der Waals surface area contributed by atoms with Crippen molar-refractivity contribution >= 4 is 6.03 Å². The van der Waals surface area contributed by atoms with Crippen LogP contribution in [0.4, 0.5) is 4.79 Å². The molecule has 2 amide bonds. The normalized spacial score (nSPS) is 19.8. The second-order valence-corrected chi connectivity index (χ2v) is 3.68. The van der Waals surface area contributed by atoms with E-state index < -0.39 is 6.10 Å². The van der Waals surface area contributed by atoms with Crippen LogP contribution in [-0.2, 0) is 0 Å². The first-order valence-electron chi connectivity index (χ1n) is 4.91. The minimum absolute atomic E-state index is 0.159. The number of aliphatic hydroxyl groups excluding tert-OH is 1. The molecule has 0 bridgehead atoms. The Bertz CT molecular complexity index is 165. The van der Waals surface area contributed by atoms with Gasteiger partial charge in [0, 0.05) is 12.6 Å². The van der Waals surface area contributed by atoms with Crippen LogP contribution in [0.25, 0.3) is 0 Å². The first-order chi connectivity index (χ1) is 6.18. The lowest BCUT2D eigenvalue weighted by atomic mass is 10.2. The molecule has 1 aliphatic rings. The molecule has 1 saturated carbocycles. The van der Waals surface area contributed by atoms with Crippen LogP contribution in [0.15, 0.2) is 0 Å². The Kier molecular flexibility index (Phi) is 4.02. The van der Waals surface area contributed by atoms with Gasteiger partial charge in [-0.1, -0.05) is 12.8 Å². The number of rotatable bonds is 3. The second-order valence-electron chi connectivity index (χ2n) is 3.68. The van der Waals surface area contributed by atoms with E-state index in [-0.39, 0.29) is 6.03 Å². The zero-order valence-corrected chi connectivity index (χ0v) is 8.05. The highest BCUT2D eigenvalue weighted by atomic mass is 16.3. The van der Waals surface area contributed by atoms with Crippen molar-refractivity contribution in [3.63, 3.8) is 0 Å². The molecule has 1 rings (SSSR count). The molecule has 4 nitrogen and oxygen atoms in total. The number of urea groups is 1. The summed E-state index contributed by atoms with van der Waals surface area (Å²) in [4.78, 5) is 11.2. The molecule has 1 unspecified atom stereocenters. The quantitative estimate of drug-likeness (QED) is 0.604. The number of carbonyl (C=O) groups excluding carboxylic acids is 1. The Labute approximate surface area is 78.7 Å². The highest BCUT2D eigenvalue weighted by Gasteiger charge is 2.16. The minimum Gasteiger partial charge on any atom is -0.392 e. The van der Waals surface area contributed by atoms with E-state index in [0.717, 1.165) is 12.8 Å².